The first-order chi connectivity index (χ1) is 15.0. The monoisotopic (exact) mass is 426 g/mol. The lowest BCUT2D eigenvalue weighted by Crippen LogP contribution is -2.58. The summed E-state index contributed by atoms with van der Waals surface area (Å²) in [5, 5.41) is 10.6. The second-order valence-electron chi connectivity index (χ2n) is 9.03. The molecule has 3 aliphatic rings. The van der Waals surface area contributed by atoms with Gasteiger partial charge < -0.3 is 25.3 Å². The molecule has 31 heavy (non-hydrogen) atoms. The zero-order chi connectivity index (χ0) is 21.8. The van der Waals surface area contributed by atoms with E-state index in [1.54, 1.807) is 0 Å². The van der Waals surface area contributed by atoms with E-state index in [1.165, 1.54) is 25.5 Å². The summed E-state index contributed by atoms with van der Waals surface area (Å²) >= 11 is 0. The van der Waals surface area contributed by atoms with E-state index in [2.05, 4.69) is 20.1 Å². The maximum absolute atomic E-state index is 11.9. The molecule has 0 bridgehead atoms. The van der Waals surface area contributed by atoms with E-state index >= 15 is 0 Å². The van der Waals surface area contributed by atoms with Gasteiger partial charge in [-0.25, -0.2) is 9.78 Å². The Kier molecular flexibility index (Phi) is 6.46. The molecule has 8 heteroatoms. The van der Waals surface area contributed by atoms with Crippen LogP contribution in [0, 0.1) is 10.8 Å². The van der Waals surface area contributed by atoms with E-state index in [0.717, 1.165) is 56.3 Å². The number of hydrogen-bond acceptors (Lipinski definition) is 7. The van der Waals surface area contributed by atoms with Gasteiger partial charge in [0.05, 0.1) is 12.3 Å². The summed E-state index contributed by atoms with van der Waals surface area (Å²) in [5.41, 5.74) is 2.16. The third-order valence-electron chi connectivity index (χ3n) is 6.85. The van der Waals surface area contributed by atoms with Crippen molar-refractivity contribution in [3.63, 3.8) is 0 Å². The molecule has 1 saturated carbocycles. The normalized spacial score (nSPS) is 23.5. The highest BCUT2D eigenvalue weighted by Gasteiger charge is 2.51. The van der Waals surface area contributed by atoms with Crippen molar-refractivity contribution in [1.29, 1.82) is 5.41 Å². The second-order valence-corrected chi connectivity index (χ2v) is 9.03. The van der Waals surface area contributed by atoms with Gasteiger partial charge in [0.25, 0.3) is 0 Å². The van der Waals surface area contributed by atoms with Gasteiger partial charge in [0, 0.05) is 69.3 Å². The third-order valence-corrected chi connectivity index (χ3v) is 6.85. The zero-order valence-electron chi connectivity index (χ0n) is 18.6. The number of amides is 1. The molecule has 8 nitrogen and oxygen atoms in total. The van der Waals surface area contributed by atoms with Crippen LogP contribution in [0.15, 0.2) is 30.1 Å². The molecule has 168 valence electrons. The van der Waals surface area contributed by atoms with Crippen molar-refractivity contribution in [2.75, 3.05) is 56.1 Å². The summed E-state index contributed by atoms with van der Waals surface area (Å²) in [6, 6.07) is 4.59. The quantitative estimate of drug-likeness (QED) is 0.680. The lowest BCUT2D eigenvalue weighted by molar-refractivity contribution is -0.00294. The van der Waals surface area contributed by atoms with Crippen molar-refractivity contribution in [2.24, 2.45) is 5.41 Å². The molecule has 2 saturated heterocycles. The number of ether oxygens (including phenoxy) is 1. The van der Waals surface area contributed by atoms with Gasteiger partial charge in [-0.15, -0.1) is 0 Å². The minimum atomic E-state index is -0.157. The lowest BCUT2D eigenvalue weighted by Gasteiger charge is -2.48. The van der Waals surface area contributed by atoms with Crippen molar-refractivity contribution >= 4 is 23.8 Å². The minimum absolute atomic E-state index is 0.157. The van der Waals surface area contributed by atoms with Crippen LogP contribution < -0.4 is 10.2 Å². The fourth-order valence-electron chi connectivity index (χ4n) is 5.18. The predicted octanol–water partition coefficient (Wildman–Crippen LogP) is 3.18. The van der Waals surface area contributed by atoms with Crippen LogP contribution in [0.4, 0.5) is 16.3 Å². The Morgan fingerprint density at radius 1 is 1.35 bits per heavy atom. The largest absolute Gasteiger partial charge is 0.450 e. The number of carbonyl (C=O) groups excluding carboxylic acids is 1. The summed E-state index contributed by atoms with van der Waals surface area (Å²) in [4.78, 5) is 23.4. The van der Waals surface area contributed by atoms with Crippen LogP contribution in [0.25, 0.3) is 0 Å². The summed E-state index contributed by atoms with van der Waals surface area (Å²) in [6.07, 6.45) is 8.49. The van der Waals surface area contributed by atoms with Crippen molar-refractivity contribution in [3.05, 3.63) is 30.1 Å². The van der Waals surface area contributed by atoms with Crippen molar-refractivity contribution in [1.82, 2.24) is 14.8 Å². The van der Waals surface area contributed by atoms with E-state index in [9.17, 15) is 4.79 Å². The van der Waals surface area contributed by atoms with Gasteiger partial charge >= 0.3 is 6.09 Å². The topological polar surface area (TPSA) is 84.8 Å². The van der Waals surface area contributed by atoms with Crippen molar-refractivity contribution in [3.8, 4) is 0 Å². The predicted molar refractivity (Wildman–Crippen MR) is 123 cm³/mol. The molecule has 2 aliphatic heterocycles. The molecule has 1 spiro atoms. The first kappa shape index (κ1) is 21.6. The van der Waals surface area contributed by atoms with E-state index < -0.39 is 0 Å². The molecule has 0 radical (unpaired) electrons. The van der Waals surface area contributed by atoms with Crippen LogP contribution in [-0.2, 0) is 4.74 Å². The Labute approximate surface area is 184 Å². The van der Waals surface area contributed by atoms with Crippen molar-refractivity contribution in [2.45, 2.75) is 39.2 Å². The van der Waals surface area contributed by atoms with Crippen LogP contribution in [0.1, 0.15) is 33.1 Å². The SMILES string of the molecule is CCOC(=O)N1CC2(CC[C@@H](N3CCN(c4ncccc4N/C=C(/C)C=N)CC3)C2)C1. The molecule has 3 fully saturated rings. The molecule has 0 aromatic carbocycles. The number of anilines is 2. The average molecular weight is 427 g/mol. The molecule has 1 aliphatic carbocycles. The van der Waals surface area contributed by atoms with Gasteiger partial charge in [-0.2, -0.15) is 0 Å². The maximum atomic E-state index is 11.9. The Morgan fingerprint density at radius 2 is 2.13 bits per heavy atom. The number of hydrogen-bond donors (Lipinski definition) is 2. The van der Waals surface area contributed by atoms with Gasteiger partial charge in [-0.3, -0.25) is 4.90 Å². The Bertz CT molecular complexity index is 827. The van der Waals surface area contributed by atoms with E-state index in [-0.39, 0.29) is 6.09 Å². The molecule has 1 aromatic heterocycles. The molecular formula is C23H34N6O2. The van der Waals surface area contributed by atoms with E-state index in [1.807, 2.05) is 43.3 Å². The number of nitrogens with zero attached hydrogens (tertiary/aromatic N) is 4. The zero-order valence-corrected chi connectivity index (χ0v) is 18.6. The van der Waals surface area contributed by atoms with Gasteiger partial charge in [0.1, 0.15) is 0 Å². The lowest BCUT2D eigenvalue weighted by atomic mass is 9.78. The molecular weight excluding hydrogens is 392 g/mol. The fourth-order valence-corrected chi connectivity index (χ4v) is 5.18. The van der Waals surface area contributed by atoms with E-state index in [4.69, 9.17) is 10.1 Å². The van der Waals surface area contributed by atoms with Gasteiger partial charge in [-0.05, 0) is 50.8 Å². The second kappa shape index (κ2) is 9.26. The molecule has 4 rings (SSSR count). The number of carbonyl (C=O) groups is 1. The number of piperazine rings is 1. The van der Waals surface area contributed by atoms with Crippen LogP contribution in [0.5, 0.6) is 0 Å². The average Bonchev–Trinajstić information content (AvgIpc) is 3.23. The number of aromatic nitrogens is 1. The number of nitrogens with one attached hydrogen (secondary N) is 2. The number of allylic oxidation sites excluding steroid dienone is 1. The maximum Gasteiger partial charge on any atom is 0.409 e. The number of pyridine rings is 1. The van der Waals surface area contributed by atoms with Crippen LogP contribution in [0.2, 0.25) is 0 Å². The highest BCUT2D eigenvalue weighted by Crippen LogP contribution is 2.47. The minimum Gasteiger partial charge on any atom is -0.450 e. The van der Waals surface area contributed by atoms with Crippen molar-refractivity contribution < 1.29 is 9.53 Å². The molecule has 1 atom stereocenters. The first-order valence-corrected chi connectivity index (χ1v) is 11.3. The highest BCUT2D eigenvalue weighted by atomic mass is 16.6. The summed E-state index contributed by atoms with van der Waals surface area (Å²) in [7, 11) is 0. The fraction of sp³-hybridized carbons (Fsp3) is 0.609. The number of likely N-dealkylation sites (tertiary alicyclic amines) is 1. The van der Waals surface area contributed by atoms with Gasteiger partial charge in [0.15, 0.2) is 5.82 Å². The number of rotatable bonds is 6. The summed E-state index contributed by atoms with van der Waals surface area (Å²) in [6.45, 7) is 9.90. The Balaban J connectivity index is 1.30. The Morgan fingerprint density at radius 3 is 2.84 bits per heavy atom. The molecule has 0 unspecified atom stereocenters. The van der Waals surface area contributed by atoms with Gasteiger partial charge in [0.2, 0.25) is 0 Å². The van der Waals surface area contributed by atoms with Crippen LogP contribution >= 0.6 is 0 Å². The first-order valence-electron chi connectivity index (χ1n) is 11.3. The van der Waals surface area contributed by atoms with Crippen LogP contribution in [0.3, 0.4) is 0 Å². The van der Waals surface area contributed by atoms with Crippen LogP contribution in [-0.4, -0.2) is 79.0 Å². The standard InChI is InChI=1S/C23H34N6O2/c1-3-31-22(30)29-16-23(17-29)7-6-19(13-23)27-9-11-28(12-10-27)21-20(5-4-8-25-21)26-15-18(2)14-24/h4-5,8,14-15,19,24,26H,3,6-7,9-13,16-17H2,1-2H3/b18-15-,24-14?/t19-/m1/s1. The molecule has 1 aromatic rings. The molecule has 3 heterocycles. The van der Waals surface area contributed by atoms with E-state index in [0.29, 0.717) is 18.1 Å². The molecule has 1 amide bonds. The summed E-state index contributed by atoms with van der Waals surface area (Å²) in [5.74, 6) is 0.975. The highest BCUT2D eigenvalue weighted by molar-refractivity contribution is 5.76. The summed E-state index contributed by atoms with van der Waals surface area (Å²) < 4.78 is 5.14. The Hall–Kier alpha value is -2.61. The molecule has 2 N–H and O–H groups in total. The van der Waals surface area contributed by atoms with Gasteiger partial charge in [-0.1, -0.05) is 0 Å². The smallest absolute Gasteiger partial charge is 0.409 e. The third kappa shape index (κ3) is 4.69.